The fraction of sp³-hybridized carbons (Fsp3) is 0.318. The van der Waals surface area contributed by atoms with Gasteiger partial charge in [-0.15, -0.1) is 24.0 Å². The summed E-state index contributed by atoms with van der Waals surface area (Å²) in [6.07, 6.45) is 4.42. The zero-order valence-electron chi connectivity index (χ0n) is 16.1. The lowest BCUT2D eigenvalue weighted by molar-refractivity contribution is 0.686. The quantitative estimate of drug-likeness (QED) is 0.279. The van der Waals surface area contributed by atoms with E-state index in [-0.39, 0.29) is 30.0 Å². The Kier molecular flexibility index (Phi) is 8.64. The van der Waals surface area contributed by atoms with E-state index in [2.05, 4.69) is 90.1 Å². The molecular weight excluding hydrogens is 447 g/mol. The van der Waals surface area contributed by atoms with E-state index in [1.807, 2.05) is 6.07 Å². The normalized spacial score (nSPS) is 14.6. The smallest absolute Gasteiger partial charge is 0.192 e. The number of hydrogen-bond donors (Lipinski definition) is 2. The third kappa shape index (κ3) is 6.27. The minimum Gasteiger partial charge on any atom is -0.364 e. The van der Waals surface area contributed by atoms with Gasteiger partial charge in [-0.2, -0.15) is 0 Å². The van der Waals surface area contributed by atoms with Crippen molar-refractivity contribution in [1.29, 1.82) is 0 Å². The molecule has 1 aliphatic heterocycles. The summed E-state index contributed by atoms with van der Waals surface area (Å²) >= 11 is 0. The highest BCUT2D eigenvalue weighted by molar-refractivity contribution is 14.0. The van der Waals surface area contributed by atoms with E-state index < -0.39 is 0 Å². The number of halogens is 1. The molecule has 27 heavy (non-hydrogen) atoms. The molecule has 0 saturated heterocycles. The predicted octanol–water partition coefficient (Wildman–Crippen LogP) is 4.50. The van der Waals surface area contributed by atoms with Gasteiger partial charge in [0, 0.05) is 25.3 Å². The molecule has 4 nitrogen and oxygen atoms in total. The summed E-state index contributed by atoms with van der Waals surface area (Å²) in [6.45, 7) is 7.73. The third-order valence-electron chi connectivity index (χ3n) is 4.51. The molecule has 1 aliphatic rings. The molecule has 0 radical (unpaired) electrons. The molecule has 0 spiro atoms. The van der Waals surface area contributed by atoms with Gasteiger partial charge in [0.2, 0.25) is 0 Å². The highest BCUT2D eigenvalue weighted by atomic mass is 127. The van der Waals surface area contributed by atoms with Gasteiger partial charge in [0.05, 0.1) is 12.6 Å². The zero-order chi connectivity index (χ0) is 18.2. The molecule has 144 valence electrons. The second-order valence-corrected chi connectivity index (χ2v) is 6.52. The molecule has 5 heteroatoms. The Morgan fingerprint density at radius 2 is 1.81 bits per heavy atom. The summed E-state index contributed by atoms with van der Waals surface area (Å²) in [7, 11) is 0. The van der Waals surface area contributed by atoms with Crippen LogP contribution in [-0.2, 0) is 6.54 Å². The number of guanidine groups is 1. The molecule has 0 aromatic heterocycles. The van der Waals surface area contributed by atoms with Gasteiger partial charge in [-0.1, -0.05) is 54.6 Å². The van der Waals surface area contributed by atoms with Crippen LogP contribution in [0.2, 0.25) is 0 Å². The first kappa shape index (κ1) is 21.3. The fourth-order valence-electron chi connectivity index (χ4n) is 3.06. The summed E-state index contributed by atoms with van der Waals surface area (Å²) in [5.74, 6) is 0.845. The third-order valence-corrected chi connectivity index (χ3v) is 4.51. The van der Waals surface area contributed by atoms with Crippen LogP contribution in [0.1, 0.15) is 31.0 Å². The van der Waals surface area contributed by atoms with Crippen molar-refractivity contribution in [2.45, 2.75) is 26.4 Å². The molecule has 0 saturated carbocycles. The van der Waals surface area contributed by atoms with E-state index in [1.54, 1.807) is 0 Å². The fourth-order valence-corrected chi connectivity index (χ4v) is 3.06. The topological polar surface area (TPSA) is 39.7 Å². The first-order chi connectivity index (χ1) is 12.8. The van der Waals surface area contributed by atoms with Crippen molar-refractivity contribution in [3.63, 3.8) is 0 Å². The molecule has 2 aromatic carbocycles. The Morgan fingerprint density at radius 3 is 2.52 bits per heavy atom. The molecule has 3 rings (SSSR count). The lowest BCUT2D eigenvalue weighted by atomic mass is 10.1. The average molecular weight is 476 g/mol. The summed E-state index contributed by atoms with van der Waals surface area (Å²) in [5.41, 5.74) is 3.74. The van der Waals surface area contributed by atoms with Gasteiger partial charge < -0.3 is 15.5 Å². The average Bonchev–Trinajstić information content (AvgIpc) is 3.22. The number of benzene rings is 2. The van der Waals surface area contributed by atoms with E-state index in [4.69, 9.17) is 4.99 Å². The molecule has 1 atom stereocenters. The summed E-state index contributed by atoms with van der Waals surface area (Å²) in [5, 5.41) is 6.83. The van der Waals surface area contributed by atoms with E-state index in [1.165, 1.54) is 16.8 Å². The van der Waals surface area contributed by atoms with Crippen LogP contribution in [-0.4, -0.2) is 25.6 Å². The van der Waals surface area contributed by atoms with E-state index in [0.717, 1.165) is 25.6 Å². The van der Waals surface area contributed by atoms with E-state index >= 15 is 0 Å². The Bertz CT molecular complexity index is 750. The maximum atomic E-state index is 4.78. The summed E-state index contributed by atoms with van der Waals surface area (Å²) in [6, 6.07) is 19.3. The lowest BCUT2D eigenvalue weighted by Crippen LogP contribution is -2.38. The molecule has 0 amide bonds. The van der Waals surface area contributed by atoms with Crippen molar-refractivity contribution in [3.8, 4) is 0 Å². The predicted molar refractivity (Wildman–Crippen MR) is 126 cm³/mol. The van der Waals surface area contributed by atoms with Crippen LogP contribution in [0.15, 0.2) is 71.7 Å². The minimum atomic E-state index is 0. The highest BCUT2D eigenvalue weighted by Crippen LogP contribution is 2.19. The SMILES string of the molecule is CCNC(=NCc1cccc(N2CC=CC2)c1)NC(C)c1ccccc1.I. The van der Waals surface area contributed by atoms with Crippen LogP contribution < -0.4 is 15.5 Å². The van der Waals surface area contributed by atoms with Crippen molar-refractivity contribution < 1.29 is 0 Å². The van der Waals surface area contributed by atoms with Crippen LogP contribution in [0.25, 0.3) is 0 Å². The Morgan fingerprint density at radius 1 is 1.07 bits per heavy atom. The second kappa shape index (κ2) is 11.0. The number of anilines is 1. The van der Waals surface area contributed by atoms with Gasteiger partial charge in [0.15, 0.2) is 5.96 Å². The van der Waals surface area contributed by atoms with Crippen LogP contribution >= 0.6 is 24.0 Å². The Hall–Kier alpha value is -2.02. The standard InChI is InChI=1S/C22H28N4.HI/c1-3-23-22(25-18(2)20-11-5-4-6-12-20)24-17-19-10-9-13-21(16-19)26-14-7-8-15-26;/h4-13,16,18H,3,14-15,17H2,1-2H3,(H2,23,24,25);1H. The van der Waals surface area contributed by atoms with Crippen molar-refractivity contribution in [1.82, 2.24) is 10.6 Å². The molecule has 0 aliphatic carbocycles. The highest BCUT2D eigenvalue weighted by Gasteiger charge is 2.09. The van der Waals surface area contributed by atoms with Gasteiger partial charge in [-0.3, -0.25) is 0 Å². The van der Waals surface area contributed by atoms with Crippen molar-refractivity contribution >= 4 is 35.6 Å². The van der Waals surface area contributed by atoms with Gasteiger partial charge in [0.1, 0.15) is 0 Å². The summed E-state index contributed by atoms with van der Waals surface area (Å²) < 4.78 is 0. The van der Waals surface area contributed by atoms with Gasteiger partial charge >= 0.3 is 0 Å². The molecule has 0 fully saturated rings. The van der Waals surface area contributed by atoms with E-state index in [0.29, 0.717) is 6.54 Å². The van der Waals surface area contributed by atoms with Crippen LogP contribution in [0, 0.1) is 0 Å². The molecule has 0 bridgehead atoms. The van der Waals surface area contributed by atoms with Crippen molar-refractivity contribution in [2.24, 2.45) is 4.99 Å². The van der Waals surface area contributed by atoms with Crippen LogP contribution in [0.5, 0.6) is 0 Å². The van der Waals surface area contributed by atoms with Crippen molar-refractivity contribution in [3.05, 3.63) is 77.9 Å². The lowest BCUT2D eigenvalue weighted by Gasteiger charge is -2.19. The zero-order valence-corrected chi connectivity index (χ0v) is 18.4. The Labute approximate surface area is 179 Å². The largest absolute Gasteiger partial charge is 0.364 e. The number of rotatable bonds is 6. The monoisotopic (exact) mass is 476 g/mol. The molecule has 2 aromatic rings. The maximum absolute atomic E-state index is 4.78. The van der Waals surface area contributed by atoms with Crippen LogP contribution in [0.4, 0.5) is 5.69 Å². The first-order valence-electron chi connectivity index (χ1n) is 9.35. The van der Waals surface area contributed by atoms with E-state index in [9.17, 15) is 0 Å². The number of hydrogen-bond acceptors (Lipinski definition) is 2. The number of nitrogens with zero attached hydrogens (tertiary/aromatic N) is 2. The second-order valence-electron chi connectivity index (χ2n) is 6.52. The maximum Gasteiger partial charge on any atom is 0.192 e. The molecule has 1 unspecified atom stereocenters. The number of aliphatic imine (C=N–C) groups is 1. The summed E-state index contributed by atoms with van der Waals surface area (Å²) in [4.78, 5) is 7.13. The van der Waals surface area contributed by atoms with Gasteiger partial charge in [-0.25, -0.2) is 4.99 Å². The molecule has 2 N–H and O–H groups in total. The molecular formula is C22H29IN4. The van der Waals surface area contributed by atoms with Gasteiger partial charge in [-0.05, 0) is 37.1 Å². The number of nitrogens with one attached hydrogen (secondary N) is 2. The van der Waals surface area contributed by atoms with Gasteiger partial charge in [0.25, 0.3) is 0 Å². The first-order valence-corrected chi connectivity index (χ1v) is 9.35. The van der Waals surface area contributed by atoms with Crippen LogP contribution in [0.3, 0.4) is 0 Å². The van der Waals surface area contributed by atoms with Crippen molar-refractivity contribution in [2.75, 3.05) is 24.5 Å². The Balaban J connectivity index is 0.00000261. The minimum absolute atomic E-state index is 0. The molecule has 1 heterocycles.